The fourth-order valence-corrected chi connectivity index (χ4v) is 4.35. The van der Waals surface area contributed by atoms with Crippen molar-refractivity contribution in [3.63, 3.8) is 0 Å². The maximum absolute atomic E-state index is 12.8. The lowest BCUT2D eigenvalue weighted by atomic mass is 10.2. The van der Waals surface area contributed by atoms with Crippen LogP contribution in [0, 0.1) is 21.8 Å². The number of benzene rings is 2. The van der Waals surface area contributed by atoms with Crippen molar-refractivity contribution in [2.75, 3.05) is 0 Å². The summed E-state index contributed by atoms with van der Waals surface area (Å²) in [5.74, 6) is 0. The second kappa shape index (κ2) is 5.41. The van der Waals surface area contributed by atoms with Crippen LogP contribution in [0.4, 0.5) is 0 Å². The molecule has 0 saturated carbocycles. The zero-order valence-electron chi connectivity index (χ0n) is 11.6. The largest absolute Gasteiger partial charge is 0.268 e. The molecule has 22 heavy (non-hydrogen) atoms. The van der Waals surface area contributed by atoms with Crippen molar-refractivity contribution in [2.45, 2.75) is 11.8 Å². The van der Waals surface area contributed by atoms with Crippen LogP contribution in [0.3, 0.4) is 0 Å². The number of nitrogens with zero attached hydrogens (tertiary/aromatic N) is 2. The van der Waals surface area contributed by atoms with Crippen molar-refractivity contribution in [1.82, 2.24) is 3.97 Å². The van der Waals surface area contributed by atoms with Gasteiger partial charge in [0, 0.05) is 15.2 Å². The molecular weight excluding hydrogens is 411 g/mol. The normalized spacial score (nSPS) is 11.5. The Balaban J connectivity index is 2.21. The maximum atomic E-state index is 12.8. The van der Waals surface area contributed by atoms with E-state index in [2.05, 4.69) is 28.7 Å². The monoisotopic (exact) mass is 422 g/mol. The number of hydrogen-bond acceptors (Lipinski definition) is 3. The number of fused-ring (bicyclic) bond motifs is 1. The van der Waals surface area contributed by atoms with Crippen LogP contribution in [0.15, 0.2) is 53.6 Å². The van der Waals surface area contributed by atoms with Crippen molar-refractivity contribution in [1.29, 1.82) is 5.26 Å². The van der Waals surface area contributed by atoms with Gasteiger partial charge in [-0.1, -0.05) is 6.07 Å². The lowest BCUT2D eigenvalue weighted by molar-refractivity contribution is 0.589. The first-order valence-corrected chi connectivity index (χ1v) is 8.98. The molecule has 0 saturated heterocycles. The molecule has 1 heterocycles. The fourth-order valence-electron chi connectivity index (χ4n) is 2.24. The molecule has 0 spiro atoms. The molecule has 4 nitrogen and oxygen atoms in total. The first kappa shape index (κ1) is 15.1. The van der Waals surface area contributed by atoms with E-state index in [1.807, 2.05) is 6.92 Å². The van der Waals surface area contributed by atoms with E-state index in [-0.39, 0.29) is 4.90 Å². The third-order valence-corrected chi connectivity index (χ3v) is 6.33. The molecule has 3 aromatic rings. The van der Waals surface area contributed by atoms with Crippen LogP contribution >= 0.6 is 22.6 Å². The number of halogens is 1. The zero-order valence-corrected chi connectivity index (χ0v) is 14.6. The standard InChI is InChI=1S/C16H11IN2O2S/c1-11-2-4-14(9-15(11)17)22(20,21)19-7-6-13-8-12(10-18)3-5-16(13)19/h2-9H,1H3. The molecule has 0 aliphatic rings. The summed E-state index contributed by atoms with van der Waals surface area (Å²) < 4.78 is 27.8. The number of hydrogen-bond donors (Lipinski definition) is 0. The lowest BCUT2D eigenvalue weighted by Gasteiger charge is -2.09. The summed E-state index contributed by atoms with van der Waals surface area (Å²) in [7, 11) is -3.65. The highest BCUT2D eigenvalue weighted by atomic mass is 127. The number of aromatic nitrogens is 1. The first-order valence-electron chi connectivity index (χ1n) is 6.46. The van der Waals surface area contributed by atoms with Gasteiger partial charge in [-0.3, -0.25) is 0 Å². The van der Waals surface area contributed by atoms with E-state index < -0.39 is 10.0 Å². The van der Waals surface area contributed by atoms with Gasteiger partial charge in [0.25, 0.3) is 10.0 Å². The molecule has 1 aromatic heterocycles. The van der Waals surface area contributed by atoms with Crippen LogP contribution in [0.2, 0.25) is 0 Å². The maximum Gasteiger partial charge on any atom is 0.268 e. The summed E-state index contributed by atoms with van der Waals surface area (Å²) in [6, 6.07) is 13.8. The molecule has 0 aliphatic carbocycles. The SMILES string of the molecule is Cc1ccc(S(=O)(=O)n2ccc3cc(C#N)ccc32)cc1I. The fraction of sp³-hybridized carbons (Fsp3) is 0.0625. The van der Waals surface area contributed by atoms with Gasteiger partial charge in [0.2, 0.25) is 0 Å². The van der Waals surface area contributed by atoms with Gasteiger partial charge in [-0.15, -0.1) is 0 Å². The Morgan fingerprint density at radius 3 is 2.59 bits per heavy atom. The second-order valence-electron chi connectivity index (χ2n) is 4.91. The highest BCUT2D eigenvalue weighted by Gasteiger charge is 2.19. The van der Waals surface area contributed by atoms with Crippen molar-refractivity contribution in [3.8, 4) is 6.07 Å². The zero-order chi connectivity index (χ0) is 15.9. The first-order chi connectivity index (χ1) is 10.4. The minimum Gasteiger partial charge on any atom is -0.241 e. The summed E-state index contributed by atoms with van der Waals surface area (Å²) >= 11 is 2.13. The molecule has 0 N–H and O–H groups in total. The highest BCUT2D eigenvalue weighted by Crippen LogP contribution is 2.25. The topological polar surface area (TPSA) is 62.9 Å². The van der Waals surface area contributed by atoms with Crippen LogP contribution in [0.5, 0.6) is 0 Å². The number of nitriles is 1. The Bertz CT molecular complexity index is 1030. The molecule has 0 atom stereocenters. The molecule has 0 radical (unpaired) electrons. The van der Waals surface area contributed by atoms with E-state index >= 15 is 0 Å². The Kier molecular flexibility index (Phi) is 3.70. The molecule has 0 aliphatic heterocycles. The molecule has 0 amide bonds. The molecule has 6 heteroatoms. The van der Waals surface area contributed by atoms with E-state index in [4.69, 9.17) is 5.26 Å². The van der Waals surface area contributed by atoms with E-state index in [1.165, 1.54) is 10.2 Å². The van der Waals surface area contributed by atoms with E-state index in [0.29, 0.717) is 11.1 Å². The van der Waals surface area contributed by atoms with Gasteiger partial charge in [0.15, 0.2) is 0 Å². The van der Waals surface area contributed by atoms with Crippen LogP contribution in [0.25, 0.3) is 10.9 Å². The smallest absolute Gasteiger partial charge is 0.241 e. The highest BCUT2D eigenvalue weighted by molar-refractivity contribution is 14.1. The van der Waals surface area contributed by atoms with Crippen LogP contribution < -0.4 is 0 Å². The van der Waals surface area contributed by atoms with Gasteiger partial charge in [0.05, 0.1) is 22.0 Å². The third-order valence-electron chi connectivity index (χ3n) is 3.48. The predicted octanol–water partition coefficient (Wildman–Crippen LogP) is 3.66. The predicted molar refractivity (Wildman–Crippen MR) is 93.1 cm³/mol. The summed E-state index contributed by atoms with van der Waals surface area (Å²) in [6.07, 6.45) is 1.52. The molecule has 0 unspecified atom stereocenters. The molecule has 3 rings (SSSR count). The van der Waals surface area contributed by atoms with E-state index in [0.717, 1.165) is 14.5 Å². The Labute approximate surface area is 142 Å². The summed E-state index contributed by atoms with van der Waals surface area (Å²) in [6.45, 7) is 1.94. The van der Waals surface area contributed by atoms with Gasteiger partial charge in [0.1, 0.15) is 0 Å². The van der Waals surface area contributed by atoms with Gasteiger partial charge in [-0.25, -0.2) is 12.4 Å². The minimum absolute atomic E-state index is 0.254. The van der Waals surface area contributed by atoms with Crippen LogP contribution in [0.1, 0.15) is 11.1 Å². The van der Waals surface area contributed by atoms with Gasteiger partial charge in [-0.2, -0.15) is 5.26 Å². The average Bonchev–Trinajstić information content (AvgIpc) is 2.93. The van der Waals surface area contributed by atoms with Crippen LogP contribution in [-0.2, 0) is 10.0 Å². The summed E-state index contributed by atoms with van der Waals surface area (Å²) in [5, 5.41) is 9.65. The molecule has 2 aromatic carbocycles. The number of rotatable bonds is 2. The molecular formula is C16H11IN2O2S. The lowest BCUT2D eigenvalue weighted by Crippen LogP contribution is -2.12. The Hall–Kier alpha value is -1.85. The molecule has 0 fully saturated rings. The molecule has 110 valence electrons. The van der Waals surface area contributed by atoms with Crippen molar-refractivity contribution in [2.24, 2.45) is 0 Å². The third kappa shape index (κ3) is 2.40. The molecule has 0 bridgehead atoms. The van der Waals surface area contributed by atoms with E-state index in [9.17, 15) is 8.42 Å². The Morgan fingerprint density at radius 2 is 1.91 bits per heavy atom. The van der Waals surface area contributed by atoms with Crippen molar-refractivity contribution < 1.29 is 8.42 Å². The van der Waals surface area contributed by atoms with Gasteiger partial charge < -0.3 is 0 Å². The average molecular weight is 422 g/mol. The van der Waals surface area contributed by atoms with Crippen molar-refractivity contribution in [3.05, 3.63) is 63.4 Å². The quantitative estimate of drug-likeness (QED) is 0.593. The van der Waals surface area contributed by atoms with Crippen LogP contribution in [-0.4, -0.2) is 12.4 Å². The van der Waals surface area contributed by atoms with Gasteiger partial charge >= 0.3 is 0 Å². The van der Waals surface area contributed by atoms with E-state index in [1.54, 1.807) is 42.5 Å². The number of aryl methyl sites for hydroxylation is 1. The second-order valence-corrected chi connectivity index (χ2v) is 7.89. The van der Waals surface area contributed by atoms with Gasteiger partial charge in [-0.05, 0) is 71.5 Å². The Morgan fingerprint density at radius 1 is 1.14 bits per heavy atom. The summed E-state index contributed by atoms with van der Waals surface area (Å²) in [4.78, 5) is 0.254. The minimum atomic E-state index is -3.65. The van der Waals surface area contributed by atoms with Crippen molar-refractivity contribution >= 4 is 43.5 Å². The summed E-state index contributed by atoms with van der Waals surface area (Å²) in [5.41, 5.74) is 2.11.